The summed E-state index contributed by atoms with van der Waals surface area (Å²) in [5.74, 6) is 0.850. The van der Waals surface area contributed by atoms with Crippen molar-refractivity contribution < 1.29 is 9.47 Å². The zero-order chi connectivity index (χ0) is 15.9. The highest BCUT2D eigenvalue weighted by Crippen LogP contribution is 2.30. The molecule has 4 heteroatoms. The van der Waals surface area contributed by atoms with Crippen LogP contribution in [0.4, 0.5) is 0 Å². The predicted octanol–water partition coefficient (Wildman–Crippen LogP) is 3.11. The number of aryl methyl sites for hydroxylation is 2. The van der Waals surface area contributed by atoms with Gasteiger partial charge in [0.15, 0.2) is 0 Å². The number of ether oxygens (including phenoxy) is 2. The summed E-state index contributed by atoms with van der Waals surface area (Å²) in [6.07, 6.45) is 0. The Balaban J connectivity index is 2.20. The molecule has 118 valence electrons. The number of benzene rings is 1. The number of hydrogen-bond acceptors (Lipinski definition) is 4. The second-order valence-electron chi connectivity index (χ2n) is 5.31. The maximum absolute atomic E-state index is 5.45. The molecule has 0 saturated carbocycles. The number of pyridine rings is 1. The van der Waals surface area contributed by atoms with E-state index in [4.69, 9.17) is 14.5 Å². The minimum Gasteiger partial charge on any atom is -0.496 e. The summed E-state index contributed by atoms with van der Waals surface area (Å²) in [5, 5.41) is 3.34. The first-order valence-electron chi connectivity index (χ1n) is 7.47. The number of hydrogen-bond donors (Lipinski definition) is 1. The van der Waals surface area contributed by atoms with E-state index >= 15 is 0 Å². The lowest BCUT2D eigenvalue weighted by molar-refractivity contribution is 0.199. The topological polar surface area (TPSA) is 43.4 Å². The predicted molar refractivity (Wildman–Crippen MR) is 89.3 cm³/mol. The van der Waals surface area contributed by atoms with Crippen LogP contribution in [0.1, 0.15) is 16.8 Å². The number of nitrogens with zero attached hydrogens (tertiary/aromatic N) is 1. The van der Waals surface area contributed by atoms with Crippen molar-refractivity contribution >= 4 is 0 Å². The Kier molecular flexibility index (Phi) is 5.92. The molecule has 1 aromatic carbocycles. The molecule has 0 aliphatic carbocycles. The Morgan fingerprint density at radius 2 is 1.91 bits per heavy atom. The van der Waals surface area contributed by atoms with Crippen LogP contribution in [0, 0.1) is 13.8 Å². The van der Waals surface area contributed by atoms with Crippen molar-refractivity contribution in [3.63, 3.8) is 0 Å². The van der Waals surface area contributed by atoms with Crippen molar-refractivity contribution in [3.05, 3.63) is 47.2 Å². The van der Waals surface area contributed by atoms with E-state index in [0.29, 0.717) is 6.61 Å². The van der Waals surface area contributed by atoms with Crippen molar-refractivity contribution in [2.75, 3.05) is 27.4 Å². The second-order valence-corrected chi connectivity index (χ2v) is 5.31. The van der Waals surface area contributed by atoms with Crippen LogP contribution in [0.2, 0.25) is 0 Å². The molecule has 0 radical (unpaired) electrons. The first kappa shape index (κ1) is 16.5. The maximum atomic E-state index is 5.45. The van der Waals surface area contributed by atoms with Crippen LogP contribution in [-0.4, -0.2) is 32.4 Å². The average Bonchev–Trinajstić information content (AvgIpc) is 2.52. The highest BCUT2D eigenvalue weighted by Gasteiger charge is 2.09. The third-order valence-electron chi connectivity index (χ3n) is 3.62. The molecule has 4 nitrogen and oxygen atoms in total. The van der Waals surface area contributed by atoms with E-state index in [1.807, 2.05) is 19.1 Å². The summed E-state index contributed by atoms with van der Waals surface area (Å²) >= 11 is 0. The van der Waals surface area contributed by atoms with Gasteiger partial charge in [-0.05, 0) is 37.6 Å². The van der Waals surface area contributed by atoms with E-state index in [9.17, 15) is 0 Å². The van der Waals surface area contributed by atoms with Gasteiger partial charge in [0, 0.05) is 31.5 Å². The van der Waals surface area contributed by atoms with Crippen LogP contribution in [0.25, 0.3) is 11.3 Å². The molecular weight excluding hydrogens is 276 g/mol. The van der Waals surface area contributed by atoms with Gasteiger partial charge in [0.25, 0.3) is 0 Å². The van der Waals surface area contributed by atoms with Gasteiger partial charge < -0.3 is 14.8 Å². The fourth-order valence-corrected chi connectivity index (χ4v) is 2.35. The van der Waals surface area contributed by atoms with Crippen molar-refractivity contribution in [2.24, 2.45) is 0 Å². The van der Waals surface area contributed by atoms with Crippen molar-refractivity contribution in [1.82, 2.24) is 10.3 Å². The van der Waals surface area contributed by atoms with E-state index in [1.165, 1.54) is 11.1 Å². The van der Waals surface area contributed by atoms with Crippen LogP contribution >= 0.6 is 0 Å². The van der Waals surface area contributed by atoms with Gasteiger partial charge in [0.2, 0.25) is 0 Å². The normalized spacial score (nSPS) is 10.7. The van der Waals surface area contributed by atoms with E-state index in [2.05, 4.69) is 30.4 Å². The molecule has 0 unspecified atom stereocenters. The van der Waals surface area contributed by atoms with Gasteiger partial charge in [-0.3, -0.25) is 4.98 Å². The molecule has 1 heterocycles. The Hall–Kier alpha value is -1.91. The number of nitrogens with one attached hydrogen (secondary N) is 1. The standard InChI is InChI=1S/C18H24N2O2/c1-13-5-8-18(22-4)16(11-13)17-7-6-15(14(2)20-17)12-19-9-10-21-3/h5-8,11,19H,9-10,12H2,1-4H3. The van der Waals surface area contributed by atoms with E-state index in [1.54, 1.807) is 14.2 Å². The molecule has 0 fully saturated rings. The van der Waals surface area contributed by atoms with Crippen molar-refractivity contribution in [1.29, 1.82) is 0 Å². The fourth-order valence-electron chi connectivity index (χ4n) is 2.35. The molecule has 1 N–H and O–H groups in total. The zero-order valence-corrected chi connectivity index (χ0v) is 13.8. The highest BCUT2D eigenvalue weighted by molar-refractivity contribution is 5.68. The summed E-state index contributed by atoms with van der Waals surface area (Å²) in [4.78, 5) is 4.74. The lowest BCUT2D eigenvalue weighted by Gasteiger charge is -2.12. The molecule has 0 spiro atoms. The summed E-state index contributed by atoms with van der Waals surface area (Å²) in [6.45, 7) is 6.46. The van der Waals surface area contributed by atoms with Gasteiger partial charge in [0.05, 0.1) is 19.4 Å². The highest BCUT2D eigenvalue weighted by atomic mass is 16.5. The summed E-state index contributed by atoms with van der Waals surface area (Å²) in [5.41, 5.74) is 5.40. The molecule has 0 atom stereocenters. The Bertz CT molecular complexity index is 626. The average molecular weight is 300 g/mol. The Morgan fingerprint density at radius 3 is 2.59 bits per heavy atom. The summed E-state index contributed by atoms with van der Waals surface area (Å²) < 4.78 is 10.5. The quantitative estimate of drug-likeness (QED) is 0.798. The maximum Gasteiger partial charge on any atom is 0.128 e. The first-order chi connectivity index (χ1) is 10.7. The molecule has 1 aromatic heterocycles. The number of rotatable bonds is 7. The molecular formula is C18H24N2O2. The van der Waals surface area contributed by atoms with Gasteiger partial charge in [-0.15, -0.1) is 0 Å². The SMILES string of the molecule is COCCNCc1ccc(-c2cc(C)ccc2OC)nc1C. The fraction of sp³-hybridized carbons (Fsp3) is 0.389. The smallest absolute Gasteiger partial charge is 0.128 e. The van der Waals surface area contributed by atoms with Crippen LogP contribution in [0.3, 0.4) is 0 Å². The monoisotopic (exact) mass is 300 g/mol. The van der Waals surface area contributed by atoms with Gasteiger partial charge in [-0.2, -0.15) is 0 Å². The zero-order valence-electron chi connectivity index (χ0n) is 13.8. The molecule has 0 aliphatic rings. The second kappa shape index (κ2) is 7.92. The van der Waals surface area contributed by atoms with Crippen LogP contribution < -0.4 is 10.1 Å². The first-order valence-corrected chi connectivity index (χ1v) is 7.47. The lowest BCUT2D eigenvalue weighted by Crippen LogP contribution is -2.19. The number of methoxy groups -OCH3 is 2. The molecule has 0 bridgehead atoms. The van der Waals surface area contributed by atoms with E-state index < -0.39 is 0 Å². The van der Waals surface area contributed by atoms with Gasteiger partial charge in [-0.1, -0.05) is 17.7 Å². The van der Waals surface area contributed by atoms with Crippen LogP contribution in [0.15, 0.2) is 30.3 Å². The minimum atomic E-state index is 0.713. The third kappa shape index (κ3) is 4.06. The molecule has 2 rings (SSSR count). The minimum absolute atomic E-state index is 0.713. The largest absolute Gasteiger partial charge is 0.496 e. The van der Waals surface area contributed by atoms with Gasteiger partial charge >= 0.3 is 0 Å². The van der Waals surface area contributed by atoms with Crippen LogP contribution in [-0.2, 0) is 11.3 Å². The lowest BCUT2D eigenvalue weighted by atomic mass is 10.1. The van der Waals surface area contributed by atoms with E-state index in [-0.39, 0.29) is 0 Å². The van der Waals surface area contributed by atoms with Gasteiger partial charge in [0.1, 0.15) is 5.75 Å². The van der Waals surface area contributed by atoms with Gasteiger partial charge in [-0.25, -0.2) is 0 Å². The summed E-state index contributed by atoms with van der Waals surface area (Å²) in [7, 11) is 3.40. The molecule has 0 amide bonds. The Morgan fingerprint density at radius 1 is 1.09 bits per heavy atom. The Labute approximate surface area is 132 Å². The molecule has 22 heavy (non-hydrogen) atoms. The number of aromatic nitrogens is 1. The van der Waals surface area contributed by atoms with Crippen molar-refractivity contribution in [2.45, 2.75) is 20.4 Å². The van der Waals surface area contributed by atoms with Crippen LogP contribution in [0.5, 0.6) is 5.75 Å². The van der Waals surface area contributed by atoms with Crippen molar-refractivity contribution in [3.8, 4) is 17.0 Å². The molecule has 2 aromatic rings. The van der Waals surface area contributed by atoms with E-state index in [0.717, 1.165) is 35.8 Å². The summed E-state index contributed by atoms with van der Waals surface area (Å²) in [6, 6.07) is 10.3. The molecule has 0 saturated heterocycles. The third-order valence-corrected chi connectivity index (χ3v) is 3.62. The molecule has 0 aliphatic heterocycles.